The Kier molecular flexibility index (Phi) is 4.54. The predicted molar refractivity (Wildman–Crippen MR) is 74.6 cm³/mol. The molecule has 0 fully saturated rings. The van der Waals surface area contributed by atoms with Crippen molar-refractivity contribution in [3.05, 3.63) is 34.9 Å². The van der Waals surface area contributed by atoms with Crippen LogP contribution in [0, 0.1) is 5.92 Å². The Hall–Kier alpha value is -1.15. The Morgan fingerprint density at radius 2 is 2.11 bits per heavy atom. The highest BCUT2D eigenvalue weighted by atomic mass is 16.1. The number of nitrogens with two attached hydrogens (primary N) is 1. The molecule has 98 valence electrons. The van der Waals surface area contributed by atoms with Crippen molar-refractivity contribution in [1.29, 1.82) is 0 Å². The van der Waals surface area contributed by atoms with Crippen molar-refractivity contribution in [2.75, 3.05) is 6.54 Å². The first kappa shape index (κ1) is 13.3. The minimum absolute atomic E-state index is 0.324. The van der Waals surface area contributed by atoms with Gasteiger partial charge in [-0.2, -0.15) is 0 Å². The molecule has 0 saturated carbocycles. The topological polar surface area (TPSA) is 43.1 Å². The van der Waals surface area contributed by atoms with Crippen molar-refractivity contribution in [3.8, 4) is 0 Å². The zero-order chi connectivity index (χ0) is 13.0. The van der Waals surface area contributed by atoms with Gasteiger partial charge in [0.05, 0.1) is 0 Å². The second-order valence-electron chi connectivity index (χ2n) is 5.39. The van der Waals surface area contributed by atoms with Gasteiger partial charge in [0.2, 0.25) is 0 Å². The van der Waals surface area contributed by atoms with Gasteiger partial charge in [-0.15, -0.1) is 0 Å². The Morgan fingerprint density at radius 1 is 1.33 bits per heavy atom. The van der Waals surface area contributed by atoms with Crippen molar-refractivity contribution in [3.63, 3.8) is 0 Å². The number of benzene rings is 1. The molecule has 0 heterocycles. The number of ketones is 1. The molecule has 2 rings (SSSR count). The lowest BCUT2D eigenvalue weighted by Gasteiger charge is -2.11. The third-order valence-corrected chi connectivity index (χ3v) is 3.99. The maximum atomic E-state index is 12.0. The predicted octanol–water partition coefficient (Wildman–Crippen LogP) is 2.66. The molecule has 1 atom stereocenters. The molecule has 0 amide bonds. The summed E-state index contributed by atoms with van der Waals surface area (Å²) in [6, 6.07) is 6.54. The van der Waals surface area contributed by atoms with Crippen LogP contribution in [-0.4, -0.2) is 12.3 Å². The number of Topliss-reactive ketones (excluding diaryl/α,β-unsaturated/α-hetero) is 1. The standard InChI is InChI=1S/C16H23NO/c1-2-12(11-17)9-16(18)10-13-6-7-14-4-3-5-15(14)8-13/h6-8,12H,2-5,9-11,17H2,1H3. The fraction of sp³-hybridized carbons (Fsp3) is 0.562. The monoisotopic (exact) mass is 245 g/mol. The molecule has 1 unspecified atom stereocenters. The third-order valence-electron chi connectivity index (χ3n) is 3.99. The van der Waals surface area contributed by atoms with Crippen molar-refractivity contribution < 1.29 is 4.79 Å². The molecule has 2 N–H and O–H groups in total. The molecular weight excluding hydrogens is 222 g/mol. The SMILES string of the molecule is CCC(CN)CC(=O)Cc1ccc2c(c1)CCC2. The molecule has 0 spiro atoms. The third kappa shape index (κ3) is 3.20. The van der Waals surface area contributed by atoms with E-state index < -0.39 is 0 Å². The molecular formula is C16H23NO. The van der Waals surface area contributed by atoms with Crippen LogP contribution < -0.4 is 5.73 Å². The van der Waals surface area contributed by atoms with Gasteiger partial charge in [-0.05, 0) is 48.4 Å². The van der Waals surface area contributed by atoms with Crippen LogP contribution in [-0.2, 0) is 24.1 Å². The van der Waals surface area contributed by atoms with E-state index in [1.54, 1.807) is 0 Å². The summed E-state index contributed by atoms with van der Waals surface area (Å²) in [4.78, 5) is 12.0. The van der Waals surface area contributed by atoms with Crippen LogP contribution in [0.25, 0.3) is 0 Å². The van der Waals surface area contributed by atoms with Crippen LogP contribution in [0.15, 0.2) is 18.2 Å². The van der Waals surface area contributed by atoms with Crippen molar-refractivity contribution in [2.24, 2.45) is 11.7 Å². The average Bonchev–Trinajstić information content (AvgIpc) is 2.83. The number of hydrogen-bond acceptors (Lipinski definition) is 2. The molecule has 1 aromatic rings. The lowest BCUT2D eigenvalue weighted by molar-refractivity contribution is -0.119. The fourth-order valence-electron chi connectivity index (χ4n) is 2.75. The number of aryl methyl sites for hydroxylation is 2. The minimum Gasteiger partial charge on any atom is -0.330 e. The van der Waals surface area contributed by atoms with Gasteiger partial charge >= 0.3 is 0 Å². The second-order valence-corrected chi connectivity index (χ2v) is 5.39. The van der Waals surface area contributed by atoms with Crippen LogP contribution in [0.2, 0.25) is 0 Å². The lowest BCUT2D eigenvalue weighted by Crippen LogP contribution is -2.18. The summed E-state index contributed by atoms with van der Waals surface area (Å²) in [5.74, 6) is 0.678. The zero-order valence-electron chi connectivity index (χ0n) is 11.2. The van der Waals surface area contributed by atoms with Gasteiger partial charge in [0, 0.05) is 12.8 Å². The molecule has 1 aliphatic rings. The fourth-order valence-corrected chi connectivity index (χ4v) is 2.75. The summed E-state index contributed by atoms with van der Waals surface area (Å²) in [6.45, 7) is 2.71. The van der Waals surface area contributed by atoms with E-state index in [1.807, 2.05) is 0 Å². The molecule has 0 aromatic heterocycles. The van der Waals surface area contributed by atoms with Gasteiger partial charge < -0.3 is 5.73 Å². The van der Waals surface area contributed by atoms with Crippen LogP contribution in [0.4, 0.5) is 0 Å². The van der Waals surface area contributed by atoms with Gasteiger partial charge in [0.1, 0.15) is 5.78 Å². The van der Waals surface area contributed by atoms with Crippen molar-refractivity contribution >= 4 is 5.78 Å². The zero-order valence-corrected chi connectivity index (χ0v) is 11.2. The molecule has 0 bridgehead atoms. The van der Waals surface area contributed by atoms with Crippen LogP contribution >= 0.6 is 0 Å². The molecule has 18 heavy (non-hydrogen) atoms. The summed E-state index contributed by atoms with van der Waals surface area (Å²) in [7, 11) is 0. The van der Waals surface area contributed by atoms with Crippen molar-refractivity contribution in [2.45, 2.75) is 45.4 Å². The first-order valence-electron chi connectivity index (χ1n) is 7.05. The lowest BCUT2D eigenvalue weighted by atomic mass is 9.95. The smallest absolute Gasteiger partial charge is 0.137 e. The van der Waals surface area contributed by atoms with Crippen LogP contribution in [0.5, 0.6) is 0 Å². The van der Waals surface area contributed by atoms with E-state index in [-0.39, 0.29) is 0 Å². The Balaban J connectivity index is 1.95. The van der Waals surface area contributed by atoms with E-state index in [4.69, 9.17) is 5.73 Å². The highest BCUT2D eigenvalue weighted by Crippen LogP contribution is 2.23. The molecule has 2 heteroatoms. The van der Waals surface area contributed by atoms with E-state index in [1.165, 1.54) is 36.0 Å². The highest BCUT2D eigenvalue weighted by molar-refractivity contribution is 5.81. The molecule has 2 nitrogen and oxygen atoms in total. The summed E-state index contributed by atoms with van der Waals surface area (Å²) in [5, 5.41) is 0. The van der Waals surface area contributed by atoms with Gasteiger partial charge in [-0.3, -0.25) is 4.79 Å². The summed E-state index contributed by atoms with van der Waals surface area (Å²) in [5.41, 5.74) is 9.74. The minimum atomic E-state index is 0.324. The Bertz CT molecular complexity index is 421. The number of carbonyl (C=O) groups excluding carboxylic acids is 1. The van der Waals surface area contributed by atoms with Gasteiger partial charge in [0.25, 0.3) is 0 Å². The molecule has 0 radical (unpaired) electrons. The van der Waals surface area contributed by atoms with Gasteiger partial charge in [-0.1, -0.05) is 31.5 Å². The van der Waals surface area contributed by atoms with E-state index in [0.717, 1.165) is 6.42 Å². The van der Waals surface area contributed by atoms with Gasteiger partial charge in [-0.25, -0.2) is 0 Å². The van der Waals surface area contributed by atoms with Crippen molar-refractivity contribution in [1.82, 2.24) is 0 Å². The van der Waals surface area contributed by atoms with Crippen LogP contribution in [0.3, 0.4) is 0 Å². The first-order valence-corrected chi connectivity index (χ1v) is 7.05. The largest absolute Gasteiger partial charge is 0.330 e. The summed E-state index contributed by atoms with van der Waals surface area (Å²) >= 11 is 0. The Labute approximate surface area is 110 Å². The summed E-state index contributed by atoms with van der Waals surface area (Å²) < 4.78 is 0. The second kappa shape index (κ2) is 6.14. The van der Waals surface area contributed by atoms with E-state index in [9.17, 15) is 4.79 Å². The van der Waals surface area contributed by atoms with Crippen LogP contribution in [0.1, 0.15) is 42.9 Å². The molecule has 1 aliphatic carbocycles. The normalized spacial score (nSPS) is 15.4. The quantitative estimate of drug-likeness (QED) is 0.837. The maximum absolute atomic E-state index is 12.0. The van der Waals surface area contributed by atoms with Gasteiger partial charge in [0.15, 0.2) is 0 Å². The number of carbonyl (C=O) groups is 1. The Morgan fingerprint density at radius 3 is 2.83 bits per heavy atom. The number of hydrogen-bond donors (Lipinski definition) is 1. The maximum Gasteiger partial charge on any atom is 0.137 e. The first-order chi connectivity index (χ1) is 8.72. The molecule has 1 aromatic carbocycles. The molecule has 0 saturated heterocycles. The van der Waals surface area contributed by atoms with E-state index >= 15 is 0 Å². The van der Waals surface area contributed by atoms with E-state index in [2.05, 4.69) is 25.1 Å². The summed E-state index contributed by atoms with van der Waals surface area (Å²) in [6.07, 6.45) is 5.84. The number of fused-ring (bicyclic) bond motifs is 1. The number of rotatable bonds is 6. The molecule has 0 aliphatic heterocycles. The average molecular weight is 245 g/mol. The van der Waals surface area contributed by atoms with E-state index in [0.29, 0.717) is 31.1 Å². The highest BCUT2D eigenvalue weighted by Gasteiger charge is 2.14.